The Morgan fingerprint density at radius 3 is 2.47 bits per heavy atom. The molecule has 0 radical (unpaired) electrons. The molecule has 1 N–H and O–H groups in total. The van der Waals surface area contributed by atoms with Crippen molar-refractivity contribution in [3.8, 4) is 5.75 Å². The van der Waals surface area contributed by atoms with Crippen molar-refractivity contribution in [2.75, 3.05) is 18.0 Å². The van der Waals surface area contributed by atoms with Gasteiger partial charge in [0, 0.05) is 17.2 Å². The number of nitrogens with one attached hydrogen (secondary N) is 1. The van der Waals surface area contributed by atoms with Gasteiger partial charge in [0.2, 0.25) is 0 Å². The lowest BCUT2D eigenvalue weighted by Crippen LogP contribution is -2.39. The maximum atomic E-state index is 13.6. The van der Waals surface area contributed by atoms with Crippen molar-refractivity contribution in [2.24, 2.45) is 5.10 Å². The van der Waals surface area contributed by atoms with E-state index < -0.39 is 27.4 Å². The van der Waals surface area contributed by atoms with E-state index in [1.807, 2.05) is 42.5 Å². The summed E-state index contributed by atoms with van der Waals surface area (Å²) in [6.07, 6.45) is 1.48. The molecule has 0 aromatic heterocycles. The molecule has 0 unspecified atom stereocenters. The summed E-state index contributed by atoms with van der Waals surface area (Å²) in [4.78, 5) is 23.3. The van der Waals surface area contributed by atoms with Crippen LogP contribution in [0, 0.1) is 17.0 Å². The fourth-order valence-corrected chi connectivity index (χ4v) is 5.28. The quantitative estimate of drug-likeness (QED) is 0.193. The van der Waals surface area contributed by atoms with E-state index in [4.69, 9.17) is 4.74 Å². The highest BCUT2D eigenvalue weighted by molar-refractivity contribution is 7.92. The number of nitrogens with zero attached hydrogens (tertiary/aromatic N) is 3. The molecule has 0 aliphatic carbocycles. The third kappa shape index (κ3) is 5.62. The van der Waals surface area contributed by atoms with E-state index in [-0.39, 0.29) is 16.3 Å². The molecule has 0 saturated carbocycles. The first-order chi connectivity index (χ1) is 18.2. The zero-order chi connectivity index (χ0) is 27.3. The van der Waals surface area contributed by atoms with Gasteiger partial charge in [-0.2, -0.15) is 5.10 Å². The van der Waals surface area contributed by atoms with E-state index in [0.717, 1.165) is 26.7 Å². The van der Waals surface area contributed by atoms with Crippen LogP contribution in [0.15, 0.2) is 94.9 Å². The minimum absolute atomic E-state index is 0.169. The van der Waals surface area contributed by atoms with Crippen LogP contribution in [-0.2, 0) is 14.8 Å². The summed E-state index contributed by atoms with van der Waals surface area (Å²) >= 11 is 0. The van der Waals surface area contributed by atoms with E-state index in [1.165, 1.54) is 44.5 Å². The lowest BCUT2D eigenvalue weighted by Gasteiger charge is -2.24. The van der Waals surface area contributed by atoms with Gasteiger partial charge < -0.3 is 4.74 Å². The highest BCUT2D eigenvalue weighted by atomic mass is 32.2. The van der Waals surface area contributed by atoms with Gasteiger partial charge in [-0.15, -0.1) is 0 Å². The minimum atomic E-state index is -4.37. The molecule has 0 aliphatic rings. The molecule has 0 heterocycles. The predicted molar refractivity (Wildman–Crippen MR) is 145 cm³/mol. The molecule has 10 nitrogen and oxygen atoms in total. The normalized spacial score (nSPS) is 11.4. The van der Waals surface area contributed by atoms with Gasteiger partial charge in [0.25, 0.3) is 21.6 Å². The van der Waals surface area contributed by atoms with Gasteiger partial charge in [0.05, 0.1) is 28.8 Å². The lowest BCUT2D eigenvalue weighted by molar-refractivity contribution is -0.385. The highest BCUT2D eigenvalue weighted by Gasteiger charge is 2.29. The first-order valence-electron chi connectivity index (χ1n) is 11.4. The number of ether oxygens (including phenoxy) is 1. The molecule has 4 aromatic rings. The van der Waals surface area contributed by atoms with Crippen LogP contribution in [0.2, 0.25) is 0 Å². The van der Waals surface area contributed by atoms with Gasteiger partial charge in [-0.3, -0.25) is 19.2 Å². The molecule has 0 bridgehead atoms. The Labute approximate surface area is 219 Å². The molecule has 0 fully saturated rings. The maximum absolute atomic E-state index is 13.6. The second-order valence-corrected chi connectivity index (χ2v) is 10.1. The number of carbonyl (C=O) groups is 1. The molecule has 1 amide bonds. The molecule has 0 atom stereocenters. The van der Waals surface area contributed by atoms with Crippen LogP contribution in [0.4, 0.5) is 11.4 Å². The Bertz CT molecular complexity index is 1630. The van der Waals surface area contributed by atoms with E-state index >= 15 is 0 Å². The number of hydrazone groups is 1. The first-order valence-corrected chi connectivity index (χ1v) is 12.9. The number of benzene rings is 4. The predicted octanol–water partition coefficient (Wildman–Crippen LogP) is 4.41. The molecule has 4 rings (SSSR count). The number of amides is 1. The van der Waals surface area contributed by atoms with Gasteiger partial charge in [0.15, 0.2) is 0 Å². The van der Waals surface area contributed by atoms with Crippen LogP contribution in [0.5, 0.6) is 5.75 Å². The third-order valence-corrected chi connectivity index (χ3v) is 7.60. The van der Waals surface area contributed by atoms with Crippen LogP contribution < -0.4 is 14.5 Å². The van der Waals surface area contributed by atoms with Gasteiger partial charge in [-0.25, -0.2) is 13.8 Å². The molecule has 4 aromatic carbocycles. The summed E-state index contributed by atoms with van der Waals surface area (Å²) in [5.74, 6) is -0.219. The standard InChI is InChI=1S/C27H24N4O6S/c1-19-10-15-24(16-26(19)31(33)34)38(35,36)30(22-11-13-23(37-2)14-12-22)18-27(32)29-28-17-21-8-5-7-20-6-3-4-9-25(20)21/h3-17H,18H2,1-2H3,(H,29,32)/b28-17-. The van der Waals surface area contributed by atoms with Crippen LogP contribution in [0.1, 0.15) is 11.1 Å². The van der Waals surface area contributed by atoms with Crippen molar-refractivity contribution in [1.29, 1.82) is 0 Å². The van der Waals surface area contributed by atoms with Gasteiger partial charge >= 0.3 is 0 Å². The van der Waals surface area contributed by atoms with Crippen LogP contribution in [0.3, 0.4) is 0 Å². The zero-order valence-electron chi connectivity index (χ0n) is 20.6. The number of fused-ring (bicyclic) bond motifs is 1. The maximum Gasteiger partial charge on any atom is 0.273 e. The number of aryl methyl sites for hydroxylation is 1. The molecule has 0 aliphatic heterocycles. The molecule has 0 spiro atoms. The van der Waals surface area contributed by atoms with E-state index in [2.05, 4.69) is 10.5 Å². The summed E-state index contributed by atoms with van der Waals surface area (Å²) in [7, 11) is -2.90. The minimum Gasteiger partial charge on any atom is -0.497 e. The van der Waals surface area contributed by atoms with E-state index in [9.17, 15) is 23.3 Å². The van der Waals surface area contributed by atoms with E-state index in [0.29, 0.717) is 11.3 Å². The number of rotatable bonds is 9. The summed E-state index contributed by atoms with van der Waals surface area (Å²) < 4.78 is 33.2. The molecule has 194 valence electrons. The van der Waals surface area contributed by atoms with Gasteiger partial charge in [-0.05, 0) is 48.0 Å². The number of carbonyl (C=O) groups excluding carboxylic acids is 1. The Hall–Kier alpha value is -4.77. The van der Waals surface area contributed by atoms with Crippen molar-refractivity contribution in [2.45, 2.75) is 11.8 Å². The number of hydrogen-bond acceptors (Lipinski definition) is 7. The van der Waals surface area contributed by atoms with Crippen molar-refractivity contribution in [1.82, 2.24) is 5.43 Å². The third-order valence-electron chi connectivity index (χ3n) is 5.83. The summed E-state index contributed by atoms with van der Waals surface area (Å²) in [6, 6.07) is 23.0. The smallest absolute Gasteiger partial charge is 0.273 e. The van der Waals surface area contributed by atoms with Crippen molar-refractivity contribution in [3.05, 3.63) is 106 Å². The summed E-state index contributed by atoms with van der Waals surface area (Å²) in [5, 5.41) is 17.4. The number of anilines is 1. The molecule has 0 saturated heterocycles. The Morgan fingerprint density at radius 2 is 1.76 bits per heavy atom. The fraction of sp³-hybridized carbons (Fsp3) is 0.111. The van der Waals surface area contributed by atoms with Crippen molar-refractivity contribution in [3.63, 3.8) is 0 Å². The zero-order valence-corrected chi connectivity index (χ0v) is 21.4. The molecule has 11 heteroatoms. The summed E-state index contributed by atoms with van der Waals surface area (Å²) in [5.41, 5.74) is 3.28. The molecular formula is C27H24N4O6S. The number of methoxy groups -OCH3 is 1. The number of nitro groups is 1. The Balaban J connectivity index is 1.63. The largest absolute Gasteiger partial charge is 0.497 e. The molecule has 38 heavy (non-hydrogen) atoms. The lowest BCUT2D eigenvalue weighted by atomic mass is 10.1. The number of sulfonamides is 1. The van der Waals surface area contributed by atoms with Crippen LogP contribution in [0.25, 0.3) is 10.8 Å². The van der Waals surface area contributed by atoms with Crippen molar-refractivity contribution < 1.29 is 22.9 Å². The Kier molecular flexibility index (Phi) is 7.68. The topological polar surface area (TPSA) is 131 Å². The average molecular weight is 533 g/mol. The monoisotopic (exact) mass is 532 g/mol. The highest BCUT2D eigenvalue weighted by Crippen LogP contribution is 2.29. The number of hydrogen-bond donors (Lipinski definition) is 1. The average Bonchev–Trinajstić information content (AvgIpc) is 2.92. The second-order valence-electron chi connectivity index (χ2n) is 8.28. The van der Waals surface area contributed by atoms with Crippen LogP contribution in [-0.4, -0.2) is 39.1 Å². The first kappa shape index (κ1) is 26.3. The SMILES string of the molecule is COc1ccc(N(CC(=O)N/N=C\c2cccc3ccccc23)S(=O)(=O)c2ccc(C)c([N+](=O)[O-])c2)cc1. The van der Waals surface area contributed by atoms with E-state index in [1.54, 1.807) is 12.1 Å². The van der Waals surface area contributed by atoms with Crippen LogP contribution >= 0.6 is 0 Å². The van der Waals surface area contributed by atoms with Gasteiger partial charge in [-0.1, -0.05) is 48.5 Å². The van der Waals surface area contributed by atoms with Crippen molar-refractivity contribution >= 4 is 44.3 Å². The Morgan fingerprint density at radius 1 is 1.05 bits per heavy atom. The van der Waals surface area contributed by atoms with Gasteiger partial charge in [0.1, 0.15) is 12.3 Å². The second kappa shape index (κ2) is 11.1. The number of nitro benzene ring substituents is 1. The fourth-order valence-electron chi connectivity index (χ4n) is 3.84. The molecular weight excluding hydrogens is 508 g/mol. The summed E-state index contributed by atoms with van der Waals surface area (Å²) in [6.45, 7) is 0.889.